The first-order valence-corrected chi connectivity index (χ1v) is 12.9. The van der Waals surface area contributed by atoms with Crippen LogP contribution in [0.4, 0.5) is 11.4 Å². The molecular weight excluding hydrogens is 476 g/mol. The lowest BCUT2D eigenvalue weighted by molar-refractivity contribution is 0.479. The Bertz CT molecular complexity index is 1570. The van der Waals surface area contributed by atoms with Gasteiger partial charge < -0.3 is 0 Å². The minimum atomic E-state index is -4.83. The average molecular weight is 495 g/mol. The van der Waals surface area contributed by atoms with Gasteiger partial charge in [-0.05, 0) is 34.4 Å². The quantitative estimate of drug-likeness (QED) is 0.538. The minimum Gasteiger partial charge on any atom is -0.269 e. The van der Waals surface area contributed by atoms with Gasteiger partial charge in [-0.15, -0.1) is 0 Å². The molecular formula is C24H18N2O6S2. The molecule has 0 saturated heterocycles. The molecule has 3 aromatic rings. The maximum Gasteiger partial charge on any atom is 0.363 e. The maximum atomic E-state index is 12.4. The van der Waals surface area contributed by atoms with Gasteiger partial charge in [0.05, 0.1) is 11.4 Å². The molecule has 0 radical (unpaired) electrons. The zero-order valence-corrected chi connectivity index (χ0v) is 19.1. The van der Waals surface area contributed by atoms with E-state index in [0.717, 1.165) is 23.5 Å². The van der Waals surface area contributed by atoms with Gasteiger partial charge in [0.15, 0.2) is 0 Å². The van der Waals surface area contributed by atoms with Crippen molar-refractivity contribution >= 4 is 43.1 Å². The Balaban J connectivity index is 1.99. The number of nitrogens with zero attached hydrogens (tertiary/aromatic N) is 2. The molecule has 2 heterocycles. The molecule has 2 aliphatic rings. The second-order valence-electron chi connectivity index (χ2n) is 7.60. The molecule has 0 fully saturated rings. The molecule has 0 spiro atoms. The zero-order valence-electron chi connectivity index (χ0n) is 17.5. The van der Waals surface area contributed by atoms with E-state index in [9.17, 15) is 25.9 Å². The molecule has 10 heteroatoms. The van der Waals surface area contributed by atoms with Crippen LogP contribution in [0, 0.1) is 0 Å². The first kappa shape index (κ1) is 22.1. The molecule has 0 atom stereocenters. The molecule has 2 N–H and O–H groups in total. The lowest BCUT2D eigenvalue weighted by Gasteiger charge is -2.30. The van der Waals surface area contributed by atoms with Crippen LogP contribution < -0.4 is 19.0 Å². The van der Waals surface area contributed by atoms with Gasteiger partial charge in [-0.3, -0.25) is 9.11 Å². The molecule has 0 amide bonds. The van der Waals surface area contributed by atoms with Crippen molar-refractivity contribution in [2.24, 2.45) is 0 Å². The largest absolute Gasteiger partial charge is 0.363 e. The second kappa shape index (κ2) is 7.96. The van der Waals surface area contributed by atoms with E-state index >= 15 is 0 Å². The SMILES string of the molecule is O=S(=O)(O)N1C=CC(c2ccccc2)=c2ccc3c(c21)N(S(=O)(=O)O)C=CC=3c1ccccc1. The summed E-state index contributed by atoms with van der Waals surface area (Å²) in [6.07, 6.45) is 5.36. The van der Waals surface area contributed by atoms with Gasteiger partial charge in [-0.25, -0.2) is 8.61 Å². The van der Waals surface area contributed by atoms with Crippen molar-refractivity contribution in [2.45, 2.75) is 0 Å². The average Bonchev–Trinajstić information content (AvgIpc) is 2.82. The fourth-order valence-electron chi connectivity index (χ4n) is 4.20. The molecule has 172 valence electrons. The predicted octanol–water partition coefficient (Wildman–Crippen LogP) is 2.36. The van der Waals surface area contributed by atoms with Crippen molar-refractivity contribution in [1.29, 1.82) is 0 Å². The lowest BCUT2D eigenvalue weighted by atomic mass is 9.95. The molecule has 3 aromatic carbocycles. The van der Waals surface area contributed by atoms with E-state index < -0.39 is 20.6 Å². The Kier molecular flexibility index (Phi) is 5.18. The summed E-state index contributed by atoms with van der Waals surface area (Å²) in [6, 6.07) is 21.6. The molecule has 0 saturated carbocycles. The molecule has 8 nitrogen and oxygen atoms in total. The minimum absolute atomic E-state index is 0.100. The highest BCUT2D eigenvalue weighted by molar-refractivity contribution is 7.88. The number of anilines is 2. The van der Waals surface area contributed by atoms with Crippen LogP contribution in [0.1, 0.15) is 11.1 Å². The first-order valence-electron chi connectivity index (χ1n) is 10.1. The van der Waals surface area contributed by atoms with Crippen molar-refractivity contribution in [3.8, 4) is 0 Å². The Labute approximate surface area is 196 Å². The summed E-state index contributed by atoms with van der Waals surface area (Å²) in [7, 11) is -9.67. The maximum absolute atomic E-state index is 12.4. The van der Waals surface area contributed by atoms with Gasteiger partial charge >= 0.3 is 20.6 Å². The van der Waals surface area contributed by atoms with Gasteiger partial charge in [-0.1, -0.05) is 72.8 Å². The molecule has 0 bridgehead atoms. The van der Waals surface area contributed by atoms with Gasteiger partial charge in [0, 0.05) is 22.8 Å². The van der Waals surface area contributed by atoms with Crippen LogP contribution in [0.15, 0.2) is 97.3 Å². The van der Waals surface area contributed by atoms with Crippen LogP contribution in [0.25, 0.3) is 11.1 Å². The molecule has 34 heavy (non-hydrogen) atoms. The van der Waals surface area contributed by atoms with Gasteiger partial charge in [-0.2, -0.15) is 16.8 Å². The number of hydrogen-bond acceptors (Lipinski definition) is 4. The smallest absolute Gasteiger partial charge is 0.269 e. The summed E-state index contributed by atoms with van der Waals surface area (Å²) in [5.74, 6) is 0. The molecule has 0 aromatic heterocycles. The summed E-state index contributed by atoms with van der Waals surface area (Å²) in [6.45, 7) is 0. The molecule has 0 aliphatic carbocycles. The van der Waals surface area contributed by atoms with Gasteiger partial charge in [0.1, 0.15) is 0 Å². The third kappa shape index (κ3) is 3.72. The van der Waals surface area contributed by atoms with Crippen molar-refractivity contribution in [1.82, 2.24) is 0 Å². The first-order chi connectivity index (χ1) is 16.2. The topological polar surface area (TPSA) is 115 Å². The summed E-state index contributed by atoms with van der Waals surface area (Å²) in [4.78, 5) is 0. The third-order valence-corrected chi connectivity index (χ3v) is 7.20. The Morgan fingerprint density at radius 2 is 0.882 bits per heavy atom. The molecule has 0 unspecified atom stereocenters. The number of allylic oxidation sites excluding steroid dienone is 2. The number of hydrogen-bond donors (Lipinski definition) is 2. The van der Waals surface area contributed by atoms with E-state index in [1.54, 1.807) is 12.1 Å². The van der Waals surface area contributed by atoms with E-state index in [0.29, 0.717) is 30.2 Å². The fourth-order valence-corrected chi connectivity index (χ4v) is 5.46. The van der Waals surface area contributed by atoms with E-state index in [1.807, 2.05) is 60.7 Å². The number of fused-ring (bicyclic) bond motifs is 3. The monoisotopic (exact) mass is 494 g/mol. The van der Waals surface area contributed by atoms with Gasteiger partial charge in [0.25, 0.3) is 0 Å². The van der Waals surface area contributed by atoms with E-state index in [1.165, 1.54) is 12.2 Å². The Morgan fingerprint density at radius 1 is 0.529 bits per heavy atom. The van der Waals surface area contributed by atoms with Crippen LogP contribution in [0.2, 0.25) is 0 Å². The van der Waals surface area contributed by atoms with Crippen LogP contribution >= 0.6 is 0 Å². The highest BCUT2D eigenvalue weighted by atomic mass is 32.2. The Hall–Kier alpha value is -3.70. The summed E-state index contributed by atoms with van der Waals surface area (Å²) < 4.78 is 70.6. The van der Waals surface area contributed by atoms with Crippen molar-refractivity contribution < 1.29 is 25.9 Å². The summed E-state index contributed by atoms with van der Waals surface area (Å²) in [5, 5.41) is 0.725. The standard InChI is InChI=1S/C24H18N2O6S2/c27-33(28,29)25-15-13-19(17-7-3-1-4-8-17)21-11-12-22-20(18-9-5-2-6-10-18)14-16-26(34(30,31)32)24(22)23(21)25/h1-16H,(H,27,28,29)(H,30,31,32). The Morgan fingerprint density at radius 3 is 1.21 bits per heavy atom. The molecule has 5 rings (SSSR count). The second-order valence-corrected chi connectivity index (χ2v) is 10.2. The van der Waals surface area contributed by atoms with E-state index in [2.05, 4.69) is 0 Å². The van der Waals surface area contributed by atoms with E-state index in [-0.39, 0.29) is 11.4 Å². The summed E-state index contributed by atoms with van der Waals surface area (Å²) in [5.41, 5.74) is 2.54. The normalized spacial score (nSPS) is 15.4. The number of rotatable bonds is 4. The van der Waals surface area contributed by atoms with E-state index in [4.69, 9.17) is 0 Å². The predicted molar refractivity (Wildman–Crippen MR) is 130 cm³/mol. The summed E-state index contributed by atoms with van der Waals surface area (Å²) >= 11 is 0. The van der Waals surface area contributed by atoms with Crippen molar-refractivity contribution in [3.63, 3.8) is 0 Å². The highest BCUT2D eigenvalue weighted by Gasteiger charge is 2.33. The highest BCUT2D eigenvalue weighted by Crippen LogP contribution is 2.34. The van der Waals surface area contributed by atoms with Crippen LogP contribution in [-0.2, 0) is 20.6 Å². The number of benzene rings is 3. The fraction of sp³-hybridized carbons (Fsp3) is 0. The van der Waals surface area contributed by atoms with Gasteiger partial charge in [0.2, 0.25) is 0 Å². The van der Waals surface area contributed by atoms with Crippen molar-refractivity contribution in [2.75, 3.05) is 8.61 Å². The lowest BCUT2D eigenvalue weighted by Crippen LogP contribution is -2.40. The zero-order chi connectivity index (χ0) is 24.1. The molecule has 2 aliphatic heterocycles. The van der Waals surface area contributed by atoms with Crippen LogP contribution in [0.5, 0.6) is 0 Å². The van der Waals surface area contributed by atoms with Crippen molar-refractivity contribution in [3.05, 3.63) is 119 Å². The van der Waals surface area contributed by atoms with Crippen LogP contribution in [0.3, 0.4) is 0 Å². The van der Waals surface area contributed by atoms with Crippen LogP contribution in [-0.4, -0.2) is 25.9 Å². The third-order valence-electron chi connectivity index (χ3n) is 5.59.